The number of piperazine rings is 1. The van der Waals surface area contributed by atoms with E-state index in [1.165, 1.54) is 11.1 Å². The highest BCUT2D eigenvalue weighted by Crippen LogP contribution is 2.32. The van der Waals surface area contributed by atoms with Crippen LogP contribution in [-0.4, -0.2) is 45.2 Å². The van der Waals surface area contributed by atoms with E-state index in [1.54, 1.807) is 0 Å². The molecule has 0 aliphatic carbocycles. The lowest BCUT2D eigenvalue weighted by Crippen LogP contribution is -2.42. The summed E-state index contributed by atoms with van der Waals surface area (Å²) in [4.78, 5) is 7.36. The lowest BCUT2D eigenvalue weighted by molar-refractivity contribution is 0.233. The average Bonchev–Trinajstić information content (AvgIpc) is 3.27. The minimum Gasteiger partial charge on any atom is -0.346 e. The zero-order valence-electron chi connectivity index (χ0n) is 18.8. The molecule has 166 valence electrons. The number of nitrogens with zero attached hydrogens (tertiary/aromatic N) is 4. The monoisotopic (exact) mass is 448 g/mol. The van der Waals surface area contributed by atoms with Crippen LogP contribution < -0.4 is 10.6 Å². The van der Waals surface area contributed by atoms with Gasteiger partial charge in [-0.15, -0.1) is 0 Å². The first-order valence-corrected chi connectivity index (χ1v) is 11.5. The fourth-order valence-corrected chi connectivity index (χ4v) is 4.67. The van der Waals surface area contributed by atoms with Gasteiger partial charge in [-0.2, -0.15) is 0 Å². The van der Waals surface area contributed by atoms with Gasteiger partial charge in [-0.1, -0.05) is 17.7 Å². The molecule has 4 heterocycles. The molecular weight excluding hydrogens is 420 g/mol. The summed E-state index contributed by atoms with van der Waals surface area (Å²) in [6.45, 7) is 9.51. The highest BCUT2D eigenvalue weighted by Gasteiger charge is 2.14. The topological polar surface area (TPSA) is 50.1 Å². The first kappa shape index (κ1) is 21.1. The summed E-state index contributed by atoms with van der Waals surface area (Å²) in [6, 6.07) is 12.3. The van der Waals surface area contributed by atoms with Crippen LogP contribution in [-0.2, 0) is 13.6 Å². The maximum Gasteiger partial charge on any atom is 0.139 e. The largest absolute Gasteiger partial charge is 0.346 e. The number of hydrogen-bond donors (Lipinski definition) is 2. The predicted octanol–water partition coefficient (Wildman–Crippen LogP) is 4.78. The fourth-order valence-electron chi connectivity index (χ4n) is 4.40. The molecule has 0 atom stereocenters. The Bertz CT molecular complexity index is 1270. The third-order valence-corrected chi connectivity index (χ3v) is 6.90. The van der Waals surface area contributed by atoms with E-state index < -0.39 is 0 Å². The molecule has 32 heavy (non-hydrogen) atoms. The number of pyridine rings is 1. The van der Waals surface area contributed by atoms with Gasteiger partial charge < -0.3 is 19.8 Å². The first-order chi connectivity index (χ1) is 15.5. The smallest absolute Gasteiger partial charge is 0.139 e. The summed E-state index contributed by atoms with van der Waals surface area (Å²) in [5.41, 5.74) is 5.81. The fraction of sp³-hybridized carbons (Fsp3) is 0.320. The molecule has 1 saturated heterocycles. The molecule has 2 N–H and O–H groups in total. The zero-order valence-corrected chi connectivity index (χ0v) is 19.6. The number of aryl methyl sites for hydroxylation is 2. The third-order valence-electron chi connectivity index (χ3n) is 6.42. The number of halogens is 1. The van der Waals surface area contributed by atoms with Crippen LogP contribution in [0.2, 0.25) is 5.02 Å². The van der Waals surface area contributed by atoms with Crippen molar-refractivity contribution < 1.29 is 0 Å². The molecule has 6 nitrogen and oxygen atoms in total. The molecule has 1 fully saturated rings. The Labute approximate surface area is 193 Å². The quantitative estimate of drug-likeness (QED) is 0.461. The van der Waals surface area contributed by atoms with Crippen molar-refractivity contribution in [1.82, 2.24) is 24.3 Å². The molecule has 0 spiro atoms. The zero-order chi connectivity index (χ0) is 22.2. The molecule has 0 saturated carbocycles. The van der Waals surface area contributed by atoms with Crippen LogP contribution in [0.4, 0.5) is 11.5 Å². The van der Waals surface area contributed by atoms with E-state index in [4.69, 9.17) is 16.6 Å². The molecule has 0 amide bonds. The van der Waals surface area contributed by atoms with E-state index in [1.807, 2.05) is 32.2 Å². The van der Waals surface area contributed by atoms with Crippen molar-refractivity contribution in [3.63, 3.8) is 0 Å². The van der Waals surface area contributed by atoms with Crippen LogP contribution in [0, 0.1) is 13.8 Å². The summed E-state index contributed by atoms with van der Waals surface area (Å²) >= 11 is 6.54. The molecule has 0 radical (unpaired) electrons. The summed E-state index contributed by atoms with van der Waals surface area (Å²) in [7, 11) is 2.04. The van der Waals surface area contributed by atoms with Crippen LogP contribution >= 0.6 is 11.6 Å². The Hall–Kier alpha value is -2.80. The molecule has 1 aromatic carbocycles. The lowest BCUT2D eigenvalue weighted by atomic mass is 10.2. The Kier molecular flexibility index (Phi) is 5.67. The summed E-state index contributed by atoms with van der Waals surface area (Å²) in [6.07, 6.45) is 4.38. The van der Waals surface area contributed by atoms with Gasteiger partial charge in [0.1, 0.15) is 11.6 Å². The van der Waals surface area contributed by atoms with Crippen molar-refractivity contribution >= 4 is 34.0 Å². The van der Waals surface area contributed by atoms with E-state index >= 15 is 0 Å². The number of rotatable bonds is 5. The summed E-state index contributed by atoms with van der Waals surface area (Å²) < 4.78 is 4.24. The van der Waals surface area contributed by atoms with Crippen molar-refractivity contribution in [3.05, 3.63) is 70.6 Å². The lowest BCUT2D eigenvalue weighted by Gasteiger charge is -2.27. The van der Waals surface area contributed by atoms with Crippen molar-refractivity contribution in [1.29, 1.82) is 0 Å². The van der Waals surface area contributed by atoms with E-state index in [0.717, 1.165) is 71.7 Å². The molecule has 4 aromatic rings. The molecule has 0 bridgehead atoms. The second-order valence-corrected chi connectivity index (χ2v) is 8.97. The Morgan fingerprint density at radius 2 is 1.91 bits per heavy atom. The van der Waals surface area contributed by atoms with E-state index in [9.17, 15) is 0 Å². The van der Waals surface area contributed by atoms with Gasteiger partial charge in [-0.25, -0.2) is 4.98 Å². The van der Waals surface area contributed by atoms with Gasteiger partial charge in [0, 0.05) is 74.4 Å². The van der Waals surface area contributed by atoms with E-state index in [2.05, 4.69) is 62.2 Å². The Morgan fingerprint density at radius 1 is 1.09 bits per heavy atom. The van der Waals surface area contributed by atoms with Gasteiger partial charge in [0.05, 0.1) is 5.02 Å². The molecule has 1 aliphatic heterocycles. The second kappa shape index (κ2) is 8.62. The SMILES string of the molecule is Cc1cn(-c2cccc(Nc3ccc4c(c3)c(Cl)c(C)n4C)n2)cc1CN1CCNCC1. The van der Waals surface area contributed by atoms with Crippen LogP contribution in [0.1, 0.15) is 16.8 Å². The third kappa shape index (κ3) is 4.01. The maximum absolute atomic E-state index is 6.54. The van der Waals surface area contributed by atoms with Crippen molar-refractivity contribution in [2.24, 2.45) is 7.05 Å². The molecular formula is C25H29ClN6. The van der Waals surface area contributed by atoms with Crippen LogP contribution in [0.15, 0.2) is 48.8 Å². The average molecular weight is 449 g/mol. The number of benzene rings is 1. The van der Waals surface area contributed by atoms with Crippen LogP contribution in [0.3, 0.4) is 0 Å². The Morgan fingerprint density at radius 3 is 2.72 bits per heavy atom. The van der Waals surface area contributed by atoms with Gasteiger partial charge in [0.2, 0.25) is 0 Å². The minimum atomic E-state index is 0.799. The minimum absolute atomic E-state index is 0.799. The number of aromatic nitrogens is 3. The van der Waals surface area contributed by atoms with Crippen molar-refractivity contribution in [2.75, 3.05) is 31.5 Å². The molecule has 7 heteroatoms. The standard InChI is InChI=1S/C25H29ClN6/c1-17-14-32(16-19(17)15-31-11-9-27-10-12-31)24-6-4-5-23(29-24)28-20-7-8-22-21(13-20)25(26)18(2)30(22)3/h4-8,13-14,16,27H,9-12,15H2,1-3H3,(H,28,29). The number of anilines is 2. The highest BCUT2D eigenvalue weighted by molar-refractivity contribution is 6.36. The highest BCUT2D eigenvalue weighted by atomic mass is 35.5. The number of nitrogens with one attached hydrogen (secondary N) is 2. The normalized spacial score (nSPS) is 14.9. The van der Waals surface area contributed by atoms with E-state index in [-0.39, 0.29) is 0 Å². The Balaban J connectivity index is 1.37. The van der Waals surface area contributed by atoms with Gasteiger partial charge in [0.15, 0.2) is 0 Å². The molecule has 5 rings (SSSR count). The summed E-state index contributed by atoms with van der Waals surface area (Å²) in [5.74, 6) is 1.71. The number of hydrogen-bond acceptors (Lipinski definition) is 4. The van der Waals surface area contributed by atoms with Gasteiger partial charge in [-0.3, -0.25) is 4.90 Å². The van der Waals surface area contributed by atoms with Gasteiger partial charge >= 0.3 is 0 Å². The van der Waals surface area contributed by atoms with Crippen molar-refractivity contribution in [2.45, 2.75) is 20.4 Å². The summed E-state index contributed by atoms with van der Waals surface area (Å²) in [5, 5.41) is 8.70. The second-order valence-electron chi connectivity index (χ2n) is 8.60. The number of fused-ring (bicyclic) bond motifs is 1. The maximum atomic E-state index is 6.54. The predicted molar refractivity (Wildman–Crippen MR) is 132 cm³/mol. The molecule has 0 unspecified atom stereocenters. The van der Waals surface area contributed by atoms with Crippen molar-refractivity contribution in [3.8, 4) is 5.82 Å². The van der Waals surface area contributed by atoms with E-state index in [0.29, 0.717) is 0 Å². The van der Waals surface area contributed by atoms with Gasteiger partial charge in [-0.05, 0) is 55.3 Å². The molecule has 3 aromatic heterocycles. The molecule has 1 aliphatic rings. The van der Waals surface area contributed by atoms with Gasteiger partial charge in [0.25, 0.3) is 0 Å². The van der Waals surface area contributed by atoms with Crippen LogP contribution in [0.25, 0.3) is 16.7 Å². The van der Waals surface area contributed by atoms with Crippen LogP contribution in [0.5, 0.6) is 0 Å². The first-order valence-electron chi connectivity index (χ1n) is 11.1.